The maximum absolute atomic E-state index is 13.8. The van der Waals surface area contributed by atoms with Gasteiger partial charge in [0.1, 0.15) is 22.9 Å². The molecule has 0 saturated carbocycles. The van der Waals surface area contributed by atoms with Crippen LogP contribution in [0.2, 0.25) is 0 Å². The maximum Gasteiger partial charge on any atom is 0.339 e. The summed E-state index contributed by atoms with van der Waals surface area (Å²) in [4.78, 5) is 11.2. The van der Waals surface area contributed by atoms with Crippen molar-refractivity contribution in [3.05, 3.63) is 41.6 Å². The second-order valence-corrected chi connectivity index (χ2v) is 4.56. The molecular formula is C14H14F2N2O2. The Kier molecular flexibility index (Phi) is 3.83. The molecule has 4 nitrogen and oxygen atoms in total. The molecule has 0 radical (unpaired) electrons. The average Bonchev–Trinajstić information content (AvgIpc) is 2.82. The lowest BCUT2D eigenvalue weighted by molar-refractivity contribution is 0.0697. The molecular weight excluding hydrogens is 266 g/mol. The van der Waals surface area contributed by atoms with Crippen LogP contribution in [0.1, 0.15) is 36.7 Å². The van der Waals surface area contributed by atoms with E-state index in [1.807, 2.05) is 13.8 Å². The fourth-order valence-corrected chi connectivity index (χ4v) is 1.84. The third-order valence-corrected chi connectivity index (χ3v) is 3.19. The number of halogens is 2. The van der Waals surface area contributed by atoms with Crippen molar-refractivity contribution in [2.75, 3.05) is 0 Å². The SMILES string of the molecule is CCC(C)n1cc(C(=O)O)c(-c2ccc(F)cc2F)n1. The normalized spacial score (nSPS) is 12.4. The quantitative estimate of drug-likeness (QED) is 0.932. The minimum Gasteiger partial charge on any atom is -0.478 e. The molecule has 0 spiro atoms. The molecule has 20 heavy (non-hydrogen) atoms. The average molecular weight is 280 g/mol. The summed E-state index contributed by atoms with van der Waals surface area (Å²) < 4.78 is 28.2. The van der Waals surface area contributed by atoms with Crippen LogP contribution in [0.5, 0.6) is 0 Å². The zero-order valence-corrected chi connectivity index (χ0v) is 11.1. The molecule has 0 saturated heterocycles. The van der Waals surface area contributed by atoms with Gasteiger partial charge in [-0.25, -0.2) is 13.6 Å². The number of carboxylic acids is 1. The number of hydrogen-bond acceptors (Lipinski definition) is 2. The van der Waals surface area contributed by atoms with Crippen LogP contribution in [0.15, 0.2) is 24.4 Å². The second kappa shape index (κ2) is 5.40. The Bertz CT molecular complexity index is 653. The molecule has 1 heterocycles. The van der Waals surface area contributed by atoms with E-state index >= 15 is 0 Å². The summed E-state index contributed by atoms with van der Waals surface area (Å²) in [7, 11) is 0. The number of carboxylic acid groups (broad SMARTS) is 1. The summed E-state index contributed by atoms with van der Waals surface area (Å²) in [6, 6.07) is 2.97. The molecule has 2 rings (SSSR count). The highest BCUT2D eigenvalue weighted by molar-refractivity contribution is 5.94. The molecule has 0 aliphatic carbocycles. The molecule has 1 unspecified atom stereocenters. The first-order valence-corrected chi connectivity index (χ1v) is 6.22. The number of benzene rings is 1. The van der Waals surface area contributed by atoms with Crippen molar-refractivity contribution in [2.45, 2.75) is 26.3 Å². The van der Waals surface area contributed by atoms with Gasteiger partial charge in [-0.15, -0.1) is 0 Å². The first kappa shape index (κ1) is 14.2. The van der Waals surface area contributed by atoms with Crippen molar-refractivity contribution in [1.29, 1.82) is 0 Å². The van der Waals surface area contributed by atoms with Gasteiger partial charge in [0, 0.05) is 23.9 Å². The van der Waals surface area contributed by atoms with E-state index in [0.29, 0.717) is 6.07 Å². The van der Waals surface area contributed by atoms with E-state index in [1.165, 1.54) is 16.9 Å². The van der Waals surface area contributed by atoms with Gasteiger partial charge in [0.25, 0.3) is 0 Å². The number of aromatic nitrogens is 2. The van der Waals surface area contributed by atoms with Crippen LogP contribution in [-0.2, 0) is 0 Å². The Balaban J connectivity index is 2.60. The van der Waals surface area contributed by atoms with Crippen molar-refractivity contribution in [1.82, 2.24) is 9.78 Å². The van der Waals surface area contributed by atoms with Crippen molar-refractivity contribution in [3.8, 4) is 11.3 Å². The monoisotopic (exact) mass is 280 g/mol. The summed E-state index contributed by atoms with van der Waals surface area (Å²) in [5.74, 6) is -2.75. The van der Waals surface area contributed by atoms with Gasteiger partial charge in [-0.2, -0.15) is 5.10 Å². The predicted molar refractivity (Wildman–Crippen MR) is 69.5 cm³/mol. The van der Waals surface area contributed by atoms with Crippen molar-refractivity contribution in [2.24, 2.45) is 0 Å². The molecule has 1 atom stereocenters. The first-order valence-electron chi connectivity index (χ1n) is 6.22. The molecule has 0 aliphatic rings. The van der Waals surface area contributed by atoms with Crippen LogP contribution in [0.4, 0.5) is 8.78 Å². The minimum absolute atomic E-state index is 0.00893. The molecule has 1 aromatic carbocycles. The Morgan fingerprint density at radius 2 is 2.15 bits per heavy atom. The largest absolute Gasteiger partial charge is 0.478 e. The van der Waals surface area contributed by atoms with E-state index in [-0.39, 0.29) is 22.9 Å². The fraction of sp³-hybridized carbons (Fsp3) is 0.286. The smallest absolute Gasteiger partial charge is 0.339 e. The summed E-state index contributed by atoms with van der Waals surface area (Å²) in [6.07, 6.45) is 2.13. The molecule has 6 heteroatoms. The summed E-state index contributed by atoms with van der Waals surface area (Å²) in [5.41, 5.74) is -0.114. The Labute approximate surface area is 114 Å². The molecule has 2 aromatic rings. The van der Waals surface area contributed by atoms with Crippen molar-refractivity contribution in [3.63, 3.8) is 0 Å². The standard InChI is InChI=1S/C14H14F2N2O2/c1-3-8(2)18-7-11(14(19)20)13(17-18)10-5-4-9(15)6-12(10)16/h4-8H,3H2,1-2H3,(H,19,20). The van der Waals surface area contributed by atoms with Crippen LogP contribution in [0.3, 0.4) is 0 Å². The van der Waals surface area contributed by atoms with Gasteiger partial charge in [-0.3, -0.25) is 4.68 Å². The third kappa shape index (κ3) is 2.54. The van der Waals surface area contributed by atoms with Crippen molar-refractivity contribution >= 4 is 5.97 Å². The highest BCUT2D eigenvalue weighted by Crippen LogP contribution is 2.27. The number of hydrogen-bond donors (Lipinski definition) is 1. The van der Waals surface area contributed by atoms with Gasteiger partial charge in [0.05, 0.1) is 0 Å². The second-order valence-electron chi connectivity index (χ2n) is 4.56. The van der Waals surface area contributed by atoms with Gasteiger partial charge in [-0.05, 0) is 25.5 Å². The van der Waals surface area contributed by atoms with Crippen LogP contribution >= 0.6 is 0 Å². The van der Waals surface area contributed by atoms with E-state index in [4.69, 9.17) is 0 Å². The lowest BCUT2D eigenvalue weighted by atomic mass is 10.1. The van der Waals surface area contributed by atoms with Gasteiger partial charge < -0.3 is 5.11 Å². The first-order chi connectivity index (χ1) is 9.43. The Morgan fingerprint density at radius 1 is 1.45 bits per heavy atom. The number of rotatable bonds is 4. The minimum atomic E-state index is -1.20. The molecule has 106 valence electrons. The van der Waals surface area contributed by atoms with E-state index in [2.05, 4.69) is 5.10 Å². The van der Waals surface area contributed by atoms with E-state index in [9.17, 15) is 18.7 Å². The topological polar surface area (TPSA) is 55.1 Å². The zero-order valence-electron chi connectivity index (χ0n) is 11.1. The lowest BCUT2D eigenvalue weighted by Gasteiger charge is -2.08. The van der Waals surface area contributed by atoms with Gasteiger partial charge in [-0.1, -0.05) is 6.92 Å². The Morgan fingerprint density at radius 3 is 2.70 bits per heavy atom. The van der Waals surface area contributed by atoms with Crippen LogP contribution in [0.25, 0.3) is 11.3 Å². The molecule has 1 aromatic heterocycles. The highest BCUT2D eigenvalue weighted by atomic mass is 19.1. The number of carbonyl (C=O) groups is 1. The van der Waals surface area contributed by atoms with Crippen LogP contribution in [-0.4, -0.2) is 20.9 Å². The van der Waals surface area contributed by atoms with Gasteiger partial charge in [0.15, 0.2) is 0 Å². The molecule has 1 N–H and O–H groups in total. The molecule has 0 fully saturated rings. The summed E-state index contributed by atoms with van der Waals surface area (Å²) >= 11 is 0. The van der Waals surface area contributed by atoms with E-state index in [1.54, 1.807) is 0 Å². The molecule has 0 amide bonds. The van der Waals surface area contributed by atoms with Crippen LogP contribution < -0.4 is 0 Å². The van der Waals surface area contributed by atoms with E-state index in [0.717, 1.165) is 12.5 Å². The third-order valence-electron chi connectivity index (χ3n) is 3.19. The highest BCUT2D eigenvalue weighted by Gasteiger charge is 2.21. The summed E-state index contributed by atoms with van der Waals surface area (Å²) in [5, 5.41) is 13.3. The number of aromatic carboxylic acids is 1. The Hall–Kier alpha value is -2.24. The van der Waals surface area contributed by atoms with Crippen LogP contribution in [0, 0.1) is 11.6 Å². The predicted octanol–water partition coefficient (Wildman–Crippen LogP) is 3.50. The zero-order chi connectivity index (χ0) is 14.9. The fourth-order valence-electron chi connectivity index (χ4n) is 1.84. The van der Waals surface area contributed by atoms with Gasteiger partial charge in [0.2, 0.25) is 0 Å². The van der Waals surface area contributed by atoms with Gasteiger partial charge >= 0.3 is 5.97 Å². The van der Waals surface area contributed by atoms with Crippen molar-refractivity contribution < 1.29 is 18.7 Å². The lowest BCUT2D eigenvalue weighted by Crippen LogP contribution is -2.04. The molecule has 0 aliphatic heterocycles. The number of nitrogens with zero attached hydrogens (tertiary/aromatic N) is 2. The van der Waals surface area contributed by atoms with E-state index < -0.39 is 17.6 Å². The summed E-state index contributed by atoms with van der Waals surface area (Å²) in [6.45, 7) is 3.81. The molecule has 0 bridgehead atoms. The maximum atomic E-state index is 13.8.